The van der Waals surface area contributed by atoms with Gasteiger partial charge in [-0.3, -0.25) is 0 Å². The van der Waals surface area contributed by atoms with Gasteiger partial charge in [0.25, 0.3) is 0 Å². The fourth-order valence-corrected chi connectivity index (χ4v) is 1.72. The van der Waals surface area contributed by atoms with E-state index in [-0.39, 0.29) is 0 Å². The van der Waals surface area contributed by atoms with Crippen LogP contribution in [0.25, 0.3) is 0 Å². The summed E-state index contributed by atoms with van der Waals surface area (Å²) in [6, 6.07) is 0. The van der Waals surface area contributed by atoms with Crippen LogP contribution in [0.3, 0.4) is 0 Å². The Labute approximate surface area is 84.9 Å². The van der Waals surface area contributed by atoms with Gasteiger partial charge in [-0.15, -0.1) is 0 Å². The van der Waals surface area contributed by atoms with Gasteiger partial charge >= 0.3 is 0 Å². The van der Waals surface area contributed by atoms with Crippen molar-refractivity contribution in [3.8, 4) is 0 Å². The summed E-state index contributed by atoms with van der Waals surface area (Å²) in [5.41, 5.74) is 0. The predicted molar refractivity (Wildman–Crippen MR) is 55.3 cm³/mol. The predicted octanol–water partition coefficient (Wildman–Crippen LogP) is 2.09. The van der Waals surface area contributed by atoms with Gasteiger partial charge in [-0.1, -0.05) is 6.42 Å². The topological polar surface area (TPSA) is 38.1 Å². The highest BCUT2D eigenvalue weighted by Gasteiger charge is 2.23. The Balaban J connectivity index is 1.83. The molecule has 1 aromatic heterocycles. The highest BCUT2D eigenvalue weighted by molar-refractivity contribution is 5.02. The van der Waals surface area contributed by atoms with Gasteiger partial charge in [0.05, 0.1) is 6.20 Å². The van der Waals surface area contributed by atoms with Crippen molar-refractivity contribution in [3.63, 3.8) is 0 Å². The lowest BCUT2D eigenvalue weighted by atomic mass is 9.85. The molecule has 0 radical (unpaired) electrons. The minimum Gasteiger partial charge on any atom is -0.445 e. The van der Waals surface area contributed by atoms with Gasteiger partial charge in [0, 0.05) is 12.3 Å². The molecular formula is C11H18N2O. The maximum atomic E-state index is 5.70. The molecule has 1 heterocycles. The van der Waals surface area contributed by atoms with Crippen LogP contribution in [-0.4, -0.2) is 18.6 Å². The van der Waals surface area contributed by atoms with Crippen molar-refractivity contribution < 1.29 is 4.42 Å². The second-order valence-corrected chi connectivity index (χ2v) is 4.00. The van der Waals surface area contributed by atoms with Gasteiger partial charge in [-0.2, -0.15) is 0 Å². The van der Waals surface area contributed by atoms with E-state index in [0.29, 0.717) is 5.92 Å². The van der Waals surface area contributed by atoms with Crippen molar-refractivity contribution in [2.75, 3.05) is 13.6 Å². The van der Waals surface area contributed by atoms with E-state index in [2.05, 4.69) is 10.3 Å². The molecule has 0 aromatic carbocycles. The third-order valence-corrected chi connectivity index (χ3v) is 2.88. The Kier molecular flexibility index (Phi) is 3.19. The number of aryl methyl sites for hydroxylation is 1. The summed E-state index contributed by atoms with van der Waals surface area (Å²) in [5, 5.41) is 3.13. The Hall–Kier alpha value is -0.830. The van der Waals surface area contributed by atoms with Crippen LogP contribution in [0, 0.1) is 0 Å². The molecule has 1 aliphatic rings. The van der Waals surface area contributed by atoms with Crippen LogP contribution < -0.4 is 5.32 Å². The van der Waals surface area contributed by atoms with Crippen LogP contribution in [0.15, 0.2) is 10.6 Å². The molecular weight excluding hydrogens is 176 g/mol. The average Bonchev–Trinajstić information content (AvgIpc) is 2.51. The molecule has 3 nitrogen and oxygen atoms in total. The maximum absolute atomic E-state index is 5.70. The summed E-state index contributed by atoms with van der Waals surface area (Å²) in [7, 11) is 1.97. The van der Waals surface area contributed by atoms with E-state index >= 15 is 0 Å². The normalized spacial score (nSPS) is 16.9. The molecule has 1 saturated carbocycles. The number of oxazole rings is 1. The molecule has 78 valence electrons. The van der Waals surface area contributed by atoms with Gasteiger partial charge in [-0.25, -0.2) is 4.98 Å². The van der Waals surface area contributed by atoms with Crippen LogP contribution in [-0.2, 0) is 6.42 Å². The fraction of sp³-hybridized carbons (Fsp3) is 0.727. The molecule has 14 heavy (non-hydrogen) atoms. The Bertz CT molecular complexity index is 279. The summed E-state index contributed by atoms with van der Waals surface area (Å²) in [4.78, 5) is 4.33. The van der Waals surface area contributed by atoms with E-state index in [9.17, 15) is 0 Å². The SMILES string of the molecule is CNCCCc1cnc(C2CCC2)o1. The van der Waals surface area contributed by atoms with Gasteiger partial charge in [-0.05, 0) is 32.9 Å². The summed E-state index contributed by atoms with van der Waals surface area (Å²) in [5.74, 6) is 2.63. The van der Waals surface area contributed by atoms with Crippen LogP contribution in [0.5, 0.6) is 0 Å². The lowest BCUT2D eigenvalue weighted by Gasteiger charge is -2.21. The van der Waals surface area contributed by atoms with E-state index in [4.69, 9.17) is 4.42 Å². The number of aromatic nitrogens is 1. The minimum absolute atomic E-state index is 0.619. The highest BCUT2D eigenvalue weighted by atomic mass is 16.4. The monoisotopic (exact) mass is 194 g/mol. The second kappa shape index (κ2) is 4.60. The molecule has 0 atom stereocenters. The lowest BCUT2D eigenvalue weighted by molar-refractivity contribution is 0.324. The van der Waals surface area contributed by atoms with Gasteiger partial charge in [0.2, 0.25) is 0 Å². The second-order valence-electron chi connectivity index (χ2n) is 4.00. The quantitative estimate of drug-likeness (QED) is 0.729. The van der Waals surface area contributed by atoms with Crippen LogP contribution in [0.2, 0.25) is 0 Å². The average molecular weight is 194 g/mol. The third-order valence-electron chi connectivity index (χ3n) is 2.88. The summed E-state index contributed by atoms with van der Waals surface area (Å²) in [6.45, 7) is 1.04. The van der Waals surface area contributed by atoms with Crippen molar-refractivity contribution in [1.82, 2.24) is 10.3 Å². The molecule has 2 rings (SSSR count). The molecule has 1 fully saturated rings. The molecule has 0 amide bonds. The van der Waals surface area contributed by atoms with E-state index in [1.54, 1.807) is 0 Å². The van der Waals surface area contributed by atoms with E-state index in [0.717, 1.165) is 31.0 Å². The molecule has 0 unspecified atom stereocenters. The zero-order valence-corrected chi connectivity index (χ0v) is 8.75. The first-order valence-electron chi connectivity index (χ1n) is 5.49. The lowest BCUT2D eigenvalue weighted by Crippen LogP contribution is -2.09. The van der Waals surface area contributed by atoms with Crippen LogP contribution in [0.1, 0.15) is 43.3 Å². The van der Waals surface area contributed by atoms with Crippen molar-refractivity contribution >= 4 is 0 Å². The van der Waals surface area contributed by atoms with E-state index < -0.39 is 0 Å². The smallest absolute Gasteiger partial charge is 0.197 e. The number of hydrogen-bond acceptors (Lipinski definition) is 3. The van der Waals surface area contributed by atoms with Crippen molar-refractivity contribution in [3.05, 3.63) is 17.8 Å². The molecule has 1 N–H and O–H groups in total. The first kappa shape index (κ1) is 9.71. The molecule has 1 aromatic rings. The first-order chi connectivity index (χ1) is 6.90. The maximum Gasteiger partial charge on any atom is 0.197 e. The zero-order valence-electron chi connectivity index (χ0n) is 8.75. The van der Waals surface area contributed by atoms with E-state index in [1.165, 1.54) is 19.3 Å². The van der Waals surface area contributed by atoms with Crippen molar-refractivity contribution in [2.45, 2.75) is 38.0 Å². The molecule has 1 aliphatic carbocycles. The standard InChI is InChI=1S/C11H18N2O/c1-12-7-3-6-10-8-13-11(14-10)9-4-2-5-9/h8-9,12H,2-7H2,1H3. The summed E-state index contributed by atoms with van der Waals surface area (Å²) >= 11 is 0. The summed E-state index contributed by atoms with van der Waals surface area (Å²) < 4.78 is 5.70. The molecule has 0 bridgehead atoms. The molecule has 3 heteroatoms. The summed E-state index contributed by atoms with van der Waals surface area (Å²) in [6.07, 6.45) is 7.87. The van der Waals surface area contributed by atoms with E-state index in [1.807, 2.05) is 13.2 Å². The van der Waals surface area contributed by atoms with Gasteiger partial charge < -0.3 is 9.73 Å². The first-order valence-corrected chi connectivity index (χ1v) is 5.49. The van der Waals surface area contributed by atoms with Crippen LogP contribution in [0.4, 0.5) is 0 Å². The zero-order chi connectivity index (χ0) is 9.80. The number of hydrogen-bond donors (Lipinski definition) is 1. The van der Waals surface area contributed by atoms with Crippen LogP contribution >= 0.6 is 0 Å². The molecule has 0 aliphatic heterocycles. The van der Waals surface area contributed by atoms with Gasteiger partial charge in [0.1, 0.15) is 5.76 Å². The number of nitrogens with zero attached hydrogens (tertiary/aromatic N) is 1. The fourth-order valence-electron chi connectivity index (χ4n) is 1.72. The highest BCUT2D eigenvalue weighted by Crippen LogP contribution is 2.35. The Morgan fingerprint density at radius 3 is 3.07 bits per heavy atom. The van der Waals surface area contributed by atoms with Crippen molar-refractivity contribution in [2.24, 2.45) is 0 Å². The third kappa shape index (κ3) is 2.15. The largest absolute Gasteiger partial charge is 0.445 e. The number of rotatable bonds is 5. The van der Waals surface area contributed by atoms with Crippen molar-refractivity contribution in [1.29, 1.82) is 0 Å². The molecule has 0 spiro atoms. The minimum atomic E-state index is 0.619. The van der Waals surface area contributed by atoms with Gasteiger partial charge in [0.15, 0.2) is 5.89 Å². The molecule has 0 saturated heterocycles. The number of nitrogens with one attached hydrogen (secondary N) is 1. The Morgan fingerprint density at radius 1 is 1.57 bits per heavy atom. The Morgan fingerprint density at radius 2 is 2.43 bits per heavy atom.